The standard InChI is InChI=1S/C22H18N6S/c1-22(2,3)27-21-20(26-19-14-24-8-9-28(19)21)18-7-6-17(29-18)5-4-15-10-16(11-23)13-25-12-15/h6-10,12-14,27H,1-3H3. The summed E-state index contributed by atoms with van der Waals surface area (Å²) < 4.78 is 2.01. The molecule has 0 atom stereocenters. The zero-order valence-electron chi connectivity index (χ0n) is 16.3. The number of thiophene rings is 1. The van der Waals surface area contributed by atoms with Crippen LogP contribution in [-0.4, -0.2) is 24.9 Å². The number of hydrogen-bond acceptors (Lipinski definition) is 6. The first-order valence-electron chi connectivity index (χ1n) is 9.00. The zero-order chi connectivity index (χ0) is 20.4. The van der Waals surface area contributed by atoms with Crippen molar-refractivity contribution in [3.05, 3.63) is 65.2 Å². The Labute approximate surface area is 172 Å². The maximum Gasteiger partial charge on any atom is 0.157 e. The van der Waals surface area contributed by atoms with Crippen molar-refractivity contribution in [3.63, 3.8) is 0 Å². The minimum Gasteiger partial charge on any atom is -0.365 e. The molecule has 0 unspecified atom stereocenters. The lowest BCUT2D eigenvalue weighted by Crippen LogP contribution is -2.27. The van der Waals surface area contributed by atoms with Crippen molar-refractivity contribution >= 4 is 22.8 Å². The van der Waals surface area contributed by atoms with E-state index < -0.39 is 0 Å². The van der Waals surface area contributed by atoms with E-state index >= 15 is 0 Å². The molecule has 7 heteroatoms. The Morgan fingerprint density at radius 2 is 1.90 bits per heavy atom. The summed E-state index contributed by atoms with van der Waals surface area (Å²) in [4.78, 5) is 14.9. The molecule has 0 fully saturated rings. The molecule has 1 N–H and O–H groups in total. The number of fused-ring (bicyclic) bond motifs is 1. The molecule has 0 amide bonds. The highest BCUT2D eigenvalue weighted by Crippen LogP contribution is 2.34. The van der Waals surface area contributed by atoms with Crippen molar-refractivity contribution in [1.82, 2.24) is 19.4 Å². The van der Waals surface area contributed by atoms with Gasteiger partial charge in [-0.3, -0.25) is 14.4 Å². The highest BCUT2D eigenvalue weighted by molar-refractivity contribution is 7.16. The smallest absolute Gasteiger partial charge is 0.157 e. The van der Waals surface area contributed by atoms with Gasteiger partial charge in [-0.1, -0.05) is 11.8 Å². The SMILES string of the molecule is CC(C)(C)Nc1c(-c2ccc(C#Cc3cncc(C#N)c3)s2)nc2cnccn12. The van der Waals surface area contributed by atoms with Gasteiger partial charge in [0.1, 0.15) is 17.6 Å². The van der Waals surface area contributed by atoms with E-state index in [0.29, 0.717) is 11.1 Å². The van der Waals surface area contributed by atoms with Gasteiger partial charge >= 0.3 is 0 Å². The first kappa shape index (κ1) is 18.7. The Kier molecular flexibility index (Phi) is 4.75. The van der Waals surface area contributed by atoms with Gasteiger partial charge in [-0.05, 0) is 39.0 Å². The van der Waals surface area contributed by atoms with Crippen LogP contribution in [0.3, 0.4) is 0 Å². The number of rotatable bonds is 2. The third kappa shape index (κ3) is 4.11. The van der Waals surface area contributed by atoms with Gasteiger partial charge in [0.25, 0.3) is 0 Å². The lowest BCUT2D eigenvalue weighted by molar-refractivity contribution is 0.629. The maximum absolute atomic E-state index is 8.99. The van der Waals surface area contributed by atoms with E-state index in [1.807, 2.05) is 22.7 Å². The summed E-state index contributed by atoms with van der Waals surface area (Å²) in [7, 11) is 0. The monoisotopic (exact) mass is 398 g/mol. The van der Waals surface area contributed by atoms with E-state index in [1.165, 1.54) is 6.20 Å². The molecule has 0 aliphatic rings. The number of aromatic nitrogens is 4. The quantitative estimate of drug-likeness (QED) is 0.508. The van der Waals surface area contributed by atoms with Gasteiger partial charge in [-0.15, -0.1) is 11.3 Å². The van der Waals surface area contributed by atoms with Crippen molar-refractivity contribution in [2.75, 3.05) is 5.32 Å². The van der Waals surface area contributed by atoms with Gasteiger partial charge in [-0.25, -0.2) is 4.98 Å². The summed E-state index contributed by atoms with van der Waals surface area (Å²) in [6.45, 7) is 6.35. The van der Waals surface area contributed by atoms with Gasteiger partial charge in [0.2, 0.25) is 0 Å². The predicted octanol–water partition coefficient (Wildman–Crippen LogP) is 4.33. The van der Waals surface area contributed by atoms with E-state index in [-0.39, 0.29) is 5.54 Å². The highest BCUT2D eigenvalue weighted by atomic mass is 32.1. The van der Waals surface area contributed by atoms with Crippen LogP contribution in [0.4, 0.5) is 5.82 Å². The molecule has 29 heavy (non-hydrogen) atoms. The molecule has 142 valence electrons. The molecule has 0 saturated carbocycles. The summed E-state index contributed by atoms with van der Waals surface area (Å²) in [5.74, 6) is 7.16. The molecule has 0 saturated heterocycles. The number of nitrogens with one attached hydrogen (secondary N) is 1. The van der Waals surface area contributed by atoms with Crippen molar-refractivity contribution in [3.8, 4) is 28.5 Å². The van der Waals surface area contributed by atoms with E-state index in [4.69, 9.17) is 10.2 Å². The predicted molar refractivity (Wildman–Crippen MR) is 115 cm³/mol. The van der Waals surface area contributed by atoms with Gasteiger partial charge in [-0.2, -0.15) is 5.26 Å². The Morgan fingerprint density at radius 1 is 1.07 bits per heavy atom. The lowest BCUT2D eigenvalue weighted by Gasteiger charge is -2.22. The van der Waals surface area contributed by atoms with Crippen LogP contribution in [0, 0.1) is 23.2 Å². The fourth-order valence-electron chi connectivity index (χ4n) is 2.79. The maximum atomic E-state index is 8.99. The average molecular weight is 398 g/mol. The van der Waals surface area contributed by atoms with Crippen LogP contribution >= 0.6 is 11.3 Å². The molecule has 4 aromatic rings. The third-order valence-electron chi connectivity index (χ3n) is 3.96. The van der Waals surface area contributed by atoms with Gasteiger partial charge in [0, 0.05) is 35.9 Å². The minimum absolute atomic E-state index is 0.118. The molecule has 4 heterocycles. The van der Waals surface area contributed by atoms with Crippen LogP contribution in [0.25, 0.3) is 16.2 Å². The molecule has 0 aliphatic carbocycles. The minimum atomic E-state index is -0.118. The van der Waals surface area contributed by atoms with Crippen LogP contribution in [0.1, 0.15) is 36.8 Å². The Bertz CT molecular complexity index is 1290. The second-order valence-corrected chi connectivity index (χ2v) is 8.56. The van der Waals surface area contributed by atoms with Crippen LogP contribution in [0.2, 0.25) is 0 Å². The van der Waals surface area contributed by atoms with E-state index in [0.717, 1.165) is 26.9 Å². The van der Waals surface area contributed by atoms with Crippen molar-refractivity contribution in [2.45, 2.75) is 26.3 Å². The number of hydrogen-bond donors (Lipinski definition) is 1. The molecule has 6 nitrogen and oxygen atoms in total. The molecule has 0 aromatic carbocycles. The Balaban J connectivity index is 1.72. The summed E-state index contributed by atoms with van der Waals surface area (Å²) in [5.41, 5.74) is 2.76. The average Bonchev–Trinajstić information content (AvgIpc) is 3.30. The summed E-state index contributed by atoms with van der Waals surface area (Å²) >= 11 is 1.58. The molecular weight excluding hydrogens is 380 g/mol. The van der Waals surface area contributed by atoms with E-state index in [2.05, 4.69) is 54.0 Å². The number of nitrogens with zero attached hydrogens (tertiary/aromatic N) is 5. The van der Waals surface area contributed by atoms with Gasteiger partial charge in [0.15, 0.2) is 5.65 Å². The number of imidazole rings is 1. The second kappa shape index (κ2) is 7.38. The zero-order valence-corrected chi connectivity index (χ0v) is 17.1. The first-order chi connectivity index (χ1) is 13.9. The summed E-state index contributed by atoms with van der Waals surface area (Å²) in [5, 5.41) is 12.5. The summed E-state index contributed by atoms with van der Waals surface area (Å²) in [6.07, 6.45) is 8.59. The number of anilines is 1. The summed E-state index contributed by atoms with van der Waals surface area (Å²) in [6, 6.07) is 7.82. The van der Waals surface area contributed by atoms with E-state index in [9.17, 15) is 0 Å². The normalized spacial score (nSPS) is 11.0. The number of nitriles is 1. The topological polar surface area (TPSA) is 78.9 Å². The van der Waals surface area contributed by atoms with Crippen LogP contribution < -0.4 is 5.32 Å². The third-order valence-corrected chi connectivity index (χ3v) is 4.97. The largest absolute Gasteiger partial charge is 0.365 e. The Hall–Kier alpha value is -3.68. The number of pyridine rings is 1. The lowest BCUT2D eigenvalue weighted by atomic mass is 10.1. The fraction of sp³-hybridized carbons (Fsp3) is 0.182. The molecule has 0 radical (unpaired) electrons. The molecule has 0 bridgehead atoms. The van der Waals surface area contributed by atoms with E-state index in [1.54, 1.807) is 36.0 Å². The highest BCUT2D eigenvalue weighted by Gasteiger charge is 2.20. The van der Waals surface area contributed by atoms with Gasteiger partial charge in [0.05, 0.1) is 21.5 Å². The fourth-order valence-corrected chi connectivity index (χ4v) is 3.64. The molecular formula is C22H18N6S. The van der Waals surface area contributed by atoms with Crippen LogP contribution in [0.5, 0.6) is 0 Å². The second-order valence-electron chi connectivity index (χ2n) is 7.48. The van der Waals surface area contributed by atoms with Crippen molar-refractivity contribution < 1.29 is 0 Å². The molecule has 4 rings (SSSR count). The van der Waals surface area contributed by atoms with Crippen molar-refractivity contribution in [2.24, 2.45) is 0 Å². The Morgan fingerprint density at radius 3 is 2.69 bits per heavy atom. The van der Waals surface area contributed by atoms with Gasteiger partial charge < -0.3 is 5.32 Å². The molecule has 0 spiro atoms. The molecule has 0 aliphatic heterocycles. The molecule has 4 aromatic heterocycles. The first-order valence-corrected chi connectivity index (χ1v) is 9.82. The van der Waals surface area contributed by atoms with Crippen molar-refractivity contribution in [1.29, 1.82) is 5.26 Å². The van der Waals surface area contributed by atoms with Crippen LogP contribution in [-0.2, 0) is 0 Å². The van der Waals surface area contributed by atoms with Crippen LogP contribution in [0.15, 0.2) is 49.2 Å².